The predicted octanol–water partition coefficient (Wildman–Crippen LogP) is 4.80. The number of primary amides is 2. The fraction of sp³-hybridized carbons (Fsp3) is 0.447. The van der Waals surface area contributed by atoms with E-state index in [1.165, 1.54) is 0 Å². The number of amides is 4. The number of anilines is 2. The van der Waals surface area contributed by atoms with E-state index in [0.717, 1.165) is 74.2 Å². The van der Waals surface area contributed by atoms with Crippen LogP contribution in [0.25, 0.3) is 22.5 Å². The third-order valence-electron chi connectivity index (χ3n) is 12.6. The number of benzene rings is 2. The van der Waals surface area contributed by atoms with Gasteiger partial charge in [-0.05, 0) is 144 Å². The molecule has 2 aromatic carbocycles. The molecule has 2 saturated carbocycles. The van der Waals surface area contributed by atoms with Crippen LogP contribution in [0.15, 0.2) is 48.5 Å². The minimum Gasteiger partial charge on any atom is -0.494 e. The van der Waals surface area contributed by atoms with Crippen molar-refractivity contribution in [1.82, 2.24) is 29.4 Å². The summed E-state index contributed by atoms with van der Waals surface area (Å²) in [6.45, 7) is 12.6. The van der Waals surface area contributed by atoms with E-state index < -0.39 is 11.8 Å². The summed E-state index contributed by atoms with van der Waals surface area (Å²) in [5.41, 5.74) is 27.1. The first-order valence-corrected chi connectivity index (χ1v) is 21.4. The van der Waals surface area contributed by atoms with Crippen LogP contribution in [0, 0.1) is 34.5 Å². The van der Waals surface area contributed by atoms with E-state index >= 15 is 0 Å². The first-order chi connectivity index (χ1) is 30.1. The van der Waals surface area contributed by atoms with Crippen LogP contribution in [0.2, 0.25) is 0 Å². The maximum atomic E-state index is 12.2. The van der Waals surface area contributed by atoms with Gasteiger partial charge in [0.25, 0.3) is 23.6 Å². The van der Waals surface area contributed by atoms with E-state index in [4.69, 9.17) is 37.5 Å². The minimum atomic E-state index is -0.601. The summed E-state index contributed by atoms with van der Waals surface area (Å²) < 4.78 is 14.6. The Morgan fingerprint density at radius 1 is 0.698 bits per heavy atom. The summed E-state index contributed by atoms with van der Waals surface area (Å²) in [6, 6.07) is 14.9. The Kier molecular flexibility index (Phi) is 12.5. The molecular formula is C47H56N10O6. The molecule has 0 radical (unpaired) electrons. The van der Waals surface area contributed by atoms with E-state index in [9.17, 15) is 19.2 Å². The second kappa shape index (κ2) is 17.8. The zero-order valence-electron chi connectivity index (χ0n) is 36.6. The number of hydrogen-bond acceptors (Lipinski definition) is 10. The van der Waals surface area contributed by atoms with Gasteiger partial charge >= 0.3 is 0 Å². The molecule has 16 nitrogen and oxygen atoms in total. The van der Waals surface area contributed by atoms with Crippen molar-refractivity contribution < 1.29 is 28.7 Å². The van der Waals surface area contributed by atoms with Crippen molar-refractivity contribution in [3.8, 4) is 57.7 Å². The van der Waals surface area contributed by atoms with Crippen LogP contribution in [0.1, 0.15) is 106 Å². The van der Waals surface area contributed by atoms with E-state index in [0.29, 0.717) is 36.9 Å². The van der Waals surface area contributed by atoms with Gasteiger partial charge in [0.05, 0.1) is 24.8 Å². The maximum absolute atomic E-state index is 12.2. The van der Waals surface area contributed by atoms with Crippen LogP contribution in [-0.4, -0.2) is 91.9 Å². The summed E-state index contributed by atoms with van der Waals surface area (Å²) in [7, 11) is 0. The highest BCUT2D eigenvalue weighted by Crippen LogP contribution is 2.56. The van der Waals surface area contributed by atoms with Gasteiger partial charge in [0, 0.05) is 37.3 Å². The van der Waals surface area contributed by atoms with Crippen LogP contribution < -0.4 is 32.4 Å². The van der Waals surface area contributed by atoms with Crippen LogP contribution in [0.5, 0.6) is 11.5 Å². The highest BCUT2D eigenvalue weighted by atomic mass is 16.5. The molecule has 4 aliphatic rings. The number of nitrogens with two attached hydrogens (primary N) is 4. The molecule has 4 aromatic rings. The highest BCUT2D eigenvalue weighted by molar-refractivity contribution is 6.04. The predicted molar refractivity (Wildman–Crippen MR) is 239 cm³/mol. The lowest BCUT2D eigenvalue weighted by molar-refractivity contribution is -0.125. The first kappa shape index (κ1) is 44.1. The normalized spacial score (nSPS) is 21.9. The summed E-state index contributed by atoms with van der Waals surface area (Å²) in [6.07, 6.45) is 5.35. The molecule has 8 N–H and O–H groups in total. The first-order valence-electron chi connectivity index (χ1n) is 21.4. The molecule has 0 bridgehead atoms. The molecule has 0 atom stereocenters. The van der Waals surface area contributed by atoms with Crippen LogP contribution in [0.4, 0.5) is 11.6 Å². The molecule has 330 valence electrons. The second-order valence-electron chi connectivity index (χ2n) is 17.3. The molecule has 2 aliphatic heterocycles. The Hall–Kier alpha value is -6.94. The molecule has 2 aliphatic carbocycles. The largest absolute Gasteiger partial charge is 0.494 e. The van der Waals surface area contributed by atoms with E-state index in [1.54, 1.807) is 23.2 Å². The molecule has 0 unspecified atom stereocenters. The van der Waals surface area contributed by atoms with Crippen molar-refractivity contribution in [2.75, 3.05) is 44.3 Å². The monoisotopic (exact) mass is 856 g/mol. The fourth-order valence-electron chi connectivity index (χ4n) is 9.66. The van der Waals surface area contributed by atoms with Crippen molar-refractivity contribution >= 4 is 35.3 Å². The smallest absolute Gasteiger partial charge is 0.298 e. The standard InChI is InChI=1S/C24H29N5O3.C23H27N5O3/c1-4-5-19(30)28-11-10-24(14-28)12-17(13-24)29-22(25)20(23(26)31)21(27-29)16-6-8-18(9-7-16)32-15(2)3;1-3-5-18(29)27-11-10-23(14-27)12-16(13-23)28-21(24)19(22(25)30)20(26-28)15-6-8-17(9-7-15)31-4-2/h6-9,15,17H,10-14,25H2,1-3H3,(H2,26,31);6-9,16H,4,10-14,24H2,1-2H3,(H2,25,30). The number of ether oxygens (including phenoxy) is 2. The van der Waals surface area contributed by atoms with E-state index in [1.807, 2.05) is 79.1 Å². The topological polar surface area (TPSA) is 233 Å². The number of carbonyl (C=O) groups excluding carboxylic acids is 4. The average Bonchev–Trinajstić information content (AvgIpc) is 4.01. The van der Waals surface area contributed by atoms with Gasteiger partial charge in [-0.25, -0.2) is 9.36 Å². The molecule has 2 saturated heterocycles. The third kappa shape index (κ3) is 8.89. The average molecular weight is 857 g/mol. The van der Waals surface area contributed by atoms with Crippen LogP contribution >= 0.6 is 0 Å². The summed E-state index contributed by atoms with van der Waals surface area (Å²) >= 11 is 0. The fourth-order valence-corrected chi connectivity index (χ4v) is 9.66. The third-order valence-corrected chi connectivity index (χ3v) is 12.6. The zero-order chi connectivity index (χ0) is 45.2. The Morgan fingerprint density at radius 2 is 1.10 bits per heavy atom. The molecular weight excluding hydrogens is 801 g/mol. The number of carbonyl (C=O) groups is 4. The van der Waals surface area contributed by atoms with Crippen molar-refractivity contribution in [1.29, 1.82) is 0 Å². The molecule has 4 fully saturated rings. The minimum absolute atomic E-state index is 0.0665. The quantitative estimate of drug-likeness (QED) is 0.159. The second-order valence-corrected chi connectivity index (χ2v) is 17.3. The summed E-state index contributed by atoms with van der Waals surface area (Å²) in [4.78, 5) is 52.2. The molecule has 8 rings (SSSR count). The molecule has 4 amide bonds. The number of hydrogen-bond donors (Lipinski definition) is 4. The zero-order valence-corrected chi connectivity index (χ0v) is 36.6. The lowest BCUT2D eigenvalue weighted by Crippen LogP contribution is -2.42. The van der Waals surface area contributed by atoms with Crippen LogP contribution in [0.3, 0.4) is 0 Å². The summed E-state index contributed by atoms with van der Waals surface area (Å²) in [5.74, 6) is 11.2. The van der Waals surface area contributed by atoms with Gasteiger partial charge in [0.15, 0.2) is 0 Å². The molecule has 2 spiro atoms. The van der Waals surface area contributed by atoms with Crippen molar-refractivity contribution in [3.05, 3.63) is 59.7 Å². The SMILES string of the molecule is CC#CC(=O)N1CCC2(CC(n3nc(-c4ccc(OC(C)C)cc4)c(C(N)=O)c3N)C2)C1.CC#CC(=O)N1CCC2(CC(n3nc(-c4ccc(OCC)cc4)c(C(N)=O)c3N)C2)C1. The van der Waals surface area contributed by atoms with Gasteiger partial charge in [0.1, 0.15) is 45.6 Å². The highest BCUT2D eigenvalue weighted by Gasteiger charge is 2.52. The molecule has 4 heterocycles. The Balaban J connectivity index is 0.000000189. The molecule has 2 aromatic heterocycles. The Bertz CT molecular complexity index is 2520. The van der Waals surface area contributed by atoms with E-state index in [-0.39, 0.29) is 57.8 Å². The number of likely N-dealkylation sites (tertiary alicyclic amines) is 2. The van der Waals surface area contributed by atoms with Crippen molar-refractivity contribution in [2.24, 2.45) is 22.3 Å². The Labute approximate surface area is 367 Å². The van der Waals surface area contributed by atoms with Crippen molar-refractivity contribution in [3.63, 3.8) is 0 Å². The van der Waals surface area contributed by atoms with Gasteiger partial charge in [-0.2, -0.15) is 10.2 Å². The van der Waals surface area contributed by atoms with Gasteiger partial charge < -0.3 is 42.2 Å². The molecule has 63 heavy (non-hydrogen) atoms. The van der Waals surface area contributed by atoms with Gasteiger partial charge in [-0.15, -0.1) is 0 Å². The molecule has 16 heteroatoms. The lowest BCUT2D eigenvalue weighted by Gasteiger charge is -2.45. The van der Waals surface area contributed by atoms with Gasteiger partial charge in [-0.1, -0.05) is 11.8 Å². The Morgan fingerprint density at radius 3 is 1.44 bits per heavy atom. The number of nitrogens with zero attached hydrogens (tertiary/aromatic N) is 6. The summed E-state index contributed by atoms with van der Waals surface area (Å²) in [5, 5.41) is 9.38. The van der Waals surface area contributed by atoms with Crippen molar-refractivity contribution in [2.45, 2.75) is 91.3 Å². The van der Waals surface area contributed by atoms with Crippen LogP contribution in [-0.2, 0) is 9.59 Å². The number of nitrogen functional groups attached to an aromatic ring is 2. The van der Waals surface area contributed by atoms with E-state index in [2.05, 4.69) is 28.8 Å². The van der Waals surface area contributed by atoms with Gasteiger partial charge in [-0.3, -0.25) is 19.2 Å². The maximum Gasteiger partial charge on any atom is 0.298 e. The van der Waals surface area contributed by atoms with Gasteiger partial charge in [0.2, 0.25) is 0 Å². The lowest BCUT2D eigenvalue weighted by atomic mass is 9.65. The number of aromatic nitrogens is 4. The number of rotatable bonds is 10.